The van der Waals surface area contributed by atoms with E-state index in [4.69, 9.17) is 4.74 Å². The summed E-state index contributed by atoms with van der Waals surface area (Å²) in [7, 11) is 0. The molecule has 20 heavy (non-hydrogen) atoms. The molecule has 1 N–H and O–H groups in total. The number of ether oxygens (including phenoxy) is 1. The van der Waals surface area contributed by atoms with Gasteiger partial charge in [-0.15, -0.1) is 0 Å². The molecule has 0 aliphatic heterocycles. The molecule has 0 bridgehead atoms. The number of nitrogens with one attached hydrogen (secondary N) is 1. The molecule has 2 aromatic rings. The lowest BCUT2D eigenvalue weighted by Crippen LogP contribution is -2.22. The van der Waals surface area contributed by atoms with Crippen molar-refractivity contribution in [3.05, 3.63) is 42.0 Å². The first-order valence-electron chi connectivity index (χ1n) is 6.81. The van der Waals surface area contributed by atoms with E-state index in [1.165, 1.54) is 6.07 Å². The van der Waals surface area contributed by atoms with Crippen LogP contribution >= 0.6 is 0 Å². The molecule has 108 valence electrons. The minimum Gasteiger partial charge on any atom is -0.454 e. The van der Waals surface area contributed by atoms with Gasteiger partial charge in [0.25, 0.3) is 0 Å². The summed E-state index contributed by atoms with van der Waals surface area (Å²) in [5.41, 5.74) is 0.533. The SMILES string of the molecule is CCn1cc(Oc2cccc(F)c2CNC(C)C)cn1. The van der Waals surface area contributed by atoms with Crippen LogP contribution in [-0.4, -0.2) is 15.8 Å². The number of rotatable bonds is 6. The highest BCUT2D eigenvalue weighted by atomic mass is 19.1. The lowest BCUT2D eigenvalue weighted by Gasteiger charge is -2.13. The zero-order chi connectivity index (χ0) is 14.5. The maximum Gasteiger partial charge on any atom is 0.165 e. The first kappa shape index (κ1) is 14.5. The molecule has 2 rings (SSSR count). The van der Waals surface area contributed by atoms with Gasteiger partial charge in [0.15, 0.2) is 5.75 Å². The Labute approximate surface area is 118 Å². The molecule has 1 aromatic carbocycles. The van der Waals surface area contributed by atoms with E-state index < -0.39 is 0 Å². The Bertz CT molecular complexity index is 566. The van der Waals surface area contributed by atoms with Crippen LogP contribution in [0.1, 0.15) is 26.3 Å². The third-order valence-electron chi connectivity index (χ3n) is 2.92. The van der Waals surface area contributed by atoms with Crippen molar-refractivity contribution in [1.82, 2.24) is 15.1 Å². The van der Waals surface area contributed by atoms with Crippen molar-refractivity contribution in [3.8, 4) is 11.5 Å². The average Bonchev–Trinajstić information content (AvgIpc) is 2.85. The van der Waals surface area contributed by atoms with Gasteiger partial charge in [-0.25, -0.2) is 4.39 Å². The Morgan fingerprint density at radius 1 is 1.40 bits per heavy atom. The van der Waals surface area contributed by atoms with Crippen LogP contribution in [0.5, 0.6) is 11.5 Å². The summed E-state index contributed by atoms with van der Waals surface area (Å²) in [4.78, 5) is 0. The summed E-state index contributed by atoms with van der Waals surface area (Å²) in [5, 5.41) is 7.34. The zero-order valence-electron chi connectivity index (χ0n) is 12.1. The van der Waals surface area contributed by atoms with E-state index in [2.05, 4.69) is 10.4 Å². The zero-order valence-corrected chi connectivity index (χ0v) is 12.1. The van der Waals surface area contributed by atoms with Crippen molar-refractivity contribution in [2.45, 2.75) is 39.9 Å². The van der Waals surface area contributed by atoms with Crippen LogP contribution in [0.15, 0.2) is 30.6 Å². The standard InChI is InChI=1S/C15H20FN3O/c1-4-19-10-12(8-18-19)20-15-7-5-6-14(16)13(15)9-17-11(2)3/h5-8,10-11,17H,4,9H2,1-3H3. The van der Waals surface area contributed by atoms with Gasteiger partial charge >= 0.3 is 0 Å². The maximum absolute atomic E-state index is 13.9. The van der Waals surface area contributed by atoms with Gasteiger partial charge in [0.1, 0.15) is 11.6 Å². The lowest BCUT2D eigenvalue weighted by molar-refractivity contribution is 0.456. The van der Waals surface area contributed by atoms with Crippen molar-refractivity contribution in [2.24, 2.45) is 0 Å². The van der Waals surface area contributed by atoms with Crippen LogP contribution in [0.2, 0.25) is 0 Å². The molecule has 0 radical (unpaired) electrons. The van der Waals surface area contributed by atoms with Crippen molar-refractivity contribution >= 4 is 0 Å². The third-order valence-corrected chi connectivity index (χ3v) is 2.92. The lowest BCUT2D eigenvalue weighted by atomic mass is 10.1. The Morgan fingerprint density at radius 2 is 2.20 bits per heavy atom. The van der Waals surface area contributed by atoms with Gasteiger partial charge in [-0.3, -0.25) is 4.68 Å². The Hall–Kier alpha value is -1.88. The number of halogens is 1. The Morgan fingerprint density at radius 3 is 2.85 bits per heavy atom. The second kappa shape index (κ2) is 6.52. The van der Waals surface area contributed by atoms with E-state index in [0.717, 1.165) is 6.54 Å². The second-order valence-electron chi connectivity index (χ2n) is 4.89. The van der Waals surface area contributed by atoms with Crippen LogP contribution in [-0.2, 0) is 13.1 Å². The minimum absolute atomic E-state index is 0.265. The van der Waals surface area contributed by atoms with Crippen LogP contribution < -0.4 is 10.1 Å². The van der Waals surface area contributed by atoms with Crippen LogP contribution in [0, 0.1) is 5.82 Å². The molecule has 0 spiro atoms. The number of nitrogens with zero attached hydrogens (tertiary/aromatic N) is 2. The van der Waals surface area contributed by atoms with Crippen molar-refractivity contribution < 1.29 is 9.13 Å². The van der Waals surface area contributed by atoms with E-state index in [0.29, 0.717) is 23.6 Å². The molecule has 1 aromatic heterocycles. The quantitative estimate of drug-likeness (QED) is 0.880. The van der Waals surface area contributed by atoms with E-state index >= 15 is 0 Å². The van der Waals surface area contributed by atoms with E-state index in [1.54, 1.807) is 29.2 Å². The fourth-order valence-electron chi connectivity index (χ4n) is 1.81. The minimum atomic E-state index is -0.265. The normalized spacial score (nSPS) is 11.1. The molecule has 0 aliphatic rings. The molecular weight excluding hydrogens is 257 g/mol. The molecule has 0 atom stereocenters. The van der Waals surface area contributed by atoms with Crippen LogP contribution in [0.4, 0.5) is 4.39 Å². The molecule has 1 heterocycles. The third kappa shape index (κ3) is 3.57. The van der Waals surface area contributed by atoms with E-state index in [9.17, 15) is 4.39 Å². The van der Waals surface area contributed by atoms with Gasteiger partial charge in [0.2, 0.25) is 0 Å². The average molecular weight is 277 g/mol. The molecule has 5 heteroatoms. The number of aryl methyl sites for hydroxylation is 1. The summed E-state index contributed by atoms with van der Waals surface area (Å²) in [6.45, 7) is 7.24. The summed E-state index contributed by atoms with van der Waals surface area (Å²) in [5.74, 6) is 0.871. The number of benzene rings is 1. The first-order valence-corrected chi connectivity index (χ1v) is 6.81. The smallest absolute Gasteiger partial charge is 0.165 e. The molecule has 0 amide bonds. The Kier molecular flexibility index (Phi) is 4.74. The Balaban J connectivity index is 2.19. The monoisotopic (exact) mass is 277 g/mol. The van der Waals surface area contributed by atoms with E-state index in [1.807, 2.05) is 20.8 Å². The molecule has 0 aliphatic carbocycles. The highest BCUT2D eigenvalue weighted by Gasteiger charge is 2.11. The highest BCUT2D eigenvalue weighted by Crippen LogP contribution is 2.27. The van der Waals surface area contributed by atoms with Gasteiger partial charge in [-0.1, -0.05) is 19.9 Å². The summed E-state index contributed by atoms with van der Waals surface area (Å²) in [6.07, 6.45) is 3.43. The fraction of sp³-hybridized carbons (Fsp3) is 0.400. The summed E-state index contributed by atoms with van der Waals surface area (Å²) in [6, 6.07) is 5.14. The fourth-order valence-corrected chi connectivity index (χ4v) is 1.81. The second-order valence-corrected chi connectivity index (χ2v) is 4.89. The van der Waals surface area contributed by atoms with Crippen LogP contribution in [0.3, 0.4) is 0 Å². The number of hydrogen-bond donors (Lipinski definition) is 1. The van der Waals surface area contributed by atoms with Gasteiger partial charge < -0.3 is 10.1 Å². The predicted molar refractivity (Wildman–Crippen MR) is 76.4 cm³/mol. The van der Waals surface area contributed by atoms with Gasteiger partial charge in [-0.05, 0) is 19.1 Å². The van der Waals surface area contributed by atoms with Gasteiger partial charge in [-0.2, -0.15) is 5.10 Å². The molecule has 4 nitrogen and oxygen atoms in total. The van der Waals surface area contributed by atoms with Crippen molar-refractivity contribution in [3.63, 3.8) is 0 Å². The largest absolute Gasteiger partial charge is 0.454 e. The van der Waals surface area contributed by atoms with Gasteiger partial charge in [0, 0.05) is 24.7 Å². The number of hydrogen-bond acceptors (Lipinski definition) is 3. The van der Waals surface area contributed by atoms with Gasteiger partial charge in [0.05, 0.1) is 12.4 Å². The topological polar surface area (TPSA) is 39.1 Å². The first-order chi connectivity index (χ1) is 9.60. The highest BCUT2D eigenvalue weighted by molar-refractivity contribution is 5.37. The summed E-state index contributed by atoms with van der Waals surface area (Å²) >= 11 is 0. The molecule has 0 saturated carbocycles. The van der Waals surface area contributed by atoms with Crippen molar-refractivity contribution in [1.29, 1.82) is 0 Å². The number of aromatic nitrogens is 2. The molecule has 0 saturated heterocycles. The van der Waals surface area contributed by atoms with Crippen LogP contribution in [0.25, 0.3) is 0 Å². The molecule has 0 fully saturated rings. The molecule has 0 unspecified atom stereocenters. The summed E-state index contributed by atoms with van der Waals surface area (Å²) < 4.78 is 21.4. The predicted octanol–water partition coefficient (Wildman–Crippen LogP) is 3.33. The van der Waals surface area contributed by atoms with Crippen molar-refractivity contribution in [2.75, 3.05) is 0 Å². The maximum atomic E-state index is 13.9. The van der Waals surface area contributed by atoms with E-state index in [-0.39, 0.29) is 11.9 Å². The molecular formula is C15H20FN3O.